The second-order valence-electron chi connectivity index (χ2n) is 4.95. The fourth-order valence-electron chi connectivity index (χ4n) is 2.03. The minimum atomic E-state index is -0.322. The maximum Gasteiger partial charge on any atom is 0.291 e. The van der Waals surface area contributed by atoms with Crippen LogP contribution in [0.15, 0.2) is 65.1 Å². The van der Waals surface area contributed by atoms with E-state index in [1.807, 2.05) is 18.2 Å². The highest BCUT2D eigenvalue weighted by Crippen LogP contribution is 2.28. The normalized spacial score (nSPS) is 10.4. The Hall–Kier alpha value is -2.43. The van der Waals surface area contributed by atoms with Crippen LogP contribution in [0.3, 0.4) is 0 Å². The molecule has 24 heavy (non-hydrogen) atoms. The maximum absolute atomic E-state index is 12.1. The van der Waals surface area contributed by atoms with Gasteiger partial charge in [-0.2, -0.15) is 0 Å². The number of hydrogen-bond acceptors (Lipinski definition) is 3. The van der Waals surface area contributed by atoms with Gasteiger partial charge in [0.25, 0.3) is 5.91 Å². The lowest BCUT2D eigenvalue weighted by molar-refractivity contribution is 0.0992. The average Bonchev–Trinajstić information content (AvgIpc) is 3.04. The molecule has 0 fully saturated rings. The lowest BCUT2D eigenvalue weighted by Gasteiger charge is -2.06. The van der Waals surface area contributed by atoms with Crippen molar-refractivity contribution in [2.45, 2.75) is 6.61 Å². The summed E-state index contributed by atoms with van der Waals surface area (Å²) in [6.45, 7) is 0.153. The molecule has 3 rings (SSSR count). The molecule has 0 aliphatic rings. The molecule has 6 heteroatoms. The second-order valence-corrected chi connectivity index (χ2v) is 5.79. The molecule has 0 spiro atoms. The molecule has 0 atom stereocenters. The summed E-state index contributed by atoms with van der Waals surface area (Å²) in [7, 11) is 0. The Balaban J connectivity index is 1.62. The number of furan rings is 1. The van der Waals surface area contributed by atoms with Gasteiger partial charge in [-0.25, -0.2) is 0 Å². The van der Waals surface area contributed by atoms with Crippen LogP contribution in [0.1, 0.15) is 16.3 Å². The highest BCUT2D eigenvalue weighted by molar-refractivity contribution is 6.35. The first-order chi connectivity index (χ1) is 11.6. The van der Waals surface area contributed by atoms with Gasteiger partial charge in [-0.3, -0.25) is 4.79 Å². The van der Waals surface area contributed by atoms with Gasteiger partial charge in [0, 0.05) is 10.7 Å². The molecule has 4 nitrogen and oxygen atoms in total. The number of para-hydroxylation sites is 1. The first-order valence-electron chi connectivity index (χ1n) is 7.15. The first kappa shape index (κ1) is 16.4. The van der Waals surface area contributed by atoms with Crippen molar-refractivity contribution >= 4 is 34.8 Å². The van der Waals surface area contributed by atoms with Crippen molar-refractivity contribution in [2.24, 2.45) is 0 Å². The molecule has 0 bridgehead atoms. The van der Waals surface area contributed by atoms with Crippen LogP contribution < -0.4 is 10.1 Å². The van der Waals surface area contributed by atoms with Crippen molar-refractivity contribution in [2.75, 3.05) is 5.32 Å². The molecule has 0 saturated carbocycles. The van der Waals surface area contributed by atoms with Crippen LogP contribution in [-0.2, 0) is 6.61 Å². The Bertz CT molecular complexity index is 846. The molecule has 2 aromatic carbocycles. The van der Waals surface area contributed by atoms with Crippen LogP contribution in [-0.4, -0.2) is 5.91 Å². The Morgan fingerprint density at radius 1 is 1.04 bits per heavy atom. The summed E-state index contributed by atoms with van der Waals surface area (Å²) in [4.78, 5) is 12.1. The zero-order valence-corrected chi connectivity index (χ0v) is 14.0. The number of halogens is 2. The quantitative estimate of drug-likeness (QED) is 0.660. The average molecular weight is 362 g/mol. The fourth-order valence-corrected chi connectivity index (χ4v) is 2.50. The highest BCUT2D eigenvalue weighted by Gasteiger charge is 2.12. The van der Waals surface area contributed by atoms with Crippen LogP contribution in [0.2, 0.25) is 10.0 Å². The zero-order valence-electron chi connectivity index (χ0n) is 12.5. The number of carbonyl (C=O) groups is 1. The third-order valence-corrected chi connectivity index (χ3v) is 3.71. The molecule has 0 aliphatic carbocycles. The van der Waals surface area contributed by atoms with E-state index in [4.69, 9.17) is 32.4 Å². The summed E-state index contributed by atoms with van der Waals surface area (Å²) in [5, 5.41) is 3.70. The molecule has 1 heterocycles. The summed E-state index contributed by atoms with van der Waals surface area (Å²) in [6, 6.07) is 17.4. The van der Waals surface area contributed by atoms with Gasteiger partial charge >= 0.3 is 0 Å². The van der Waals surface area contributed by atoms with Crippen LogP contribution in [0.25, 0.3) is 0 Å². The molecule has 1 N–H and O–H groups in total. The van der Waals surface area contributed by atoms with Crippen molar-refractivity contribution in [1.29, 1.82) is 0 Å². The largest absolute Gasteiger partial charge is 0.484 e. The number of carbonyl (C=O) groups excluding carboxylic acids is 1. The molecule has 0 unspecified atom stereocenters. The summed E-state index contributed by atoms with van der Waals surface area (Å²) in [5.74, 6) is 0.892. The van der Waals surface area contributed by atoms with Crippen molar-refractivity contribution in [3.05, 3.63) is 82.2 Å². The fraction of sp³-hybridized carbons (Fsp3) is 0.0556. The van der Waals surface area contributed by atoms with Gasteiger partial charge in [-0.15, -0.1) is 0 Å². The predicted octanol–water partition coefficient (Wildman–Crippen LogP) is 5.42. The number of nitrogens with one attached hydrogen (secondary N) is 1. The van der Waals surface area contributed by atoms with E-state index in [-0.39, 0.29) is 18.3 Å². The molecular weight excluding hydrogens is 349 g/mol. The van der Waals surface area contributed by atoms with E-state index >= 15 is 0 Å². The number of anilines is 1. The van der Waals surface area contributed by atoms with Crippen molar-refractivity contribution in [3.63, 3.8) is 0 Å². The molecule has 0 radical (unpaired) electrons. The Morgan fingerprint density at radius 3 is 2.58 bits per heavy atom. The van der Waals surface area contributed by atoms with Crippen molar-refractivity contribution in [1.82, 2.24) is 0 Å². The molecular formula is C18H13Cl2NO3. The van der Waals surface area contributed by atoms with Gasteiger partial charge in [0.1, 0.15) is 18.1 Å². The maximum atomic E-state index is 12.1. The van der Waals surface area contributed by atoms with Crippen molar-refractivity contribution in [3.8, 4) is 5.75 Å². The minimum absolute atomic E-state index is 0.153. The monoisotopic (exact) mass is 361 g/mol. The van der Waals surface area contributed by atoms with Crippen LogP contribution >= 0.6 is 23.2 Å². The smallest absolute Gasteiger partial charge is 0.291 e. The van der Waals surface area contributed by atoms with E-state index < -0.39 is 0 Å². The third kappa shape index (κ3) is 4.10. The van der Waals surface area contributed by atoms with E-state index in [0.717, 1.165) is 0 Å². The first-order valence-corrected chi connectivity index (χ1v) is 7.90. The van der Waals surface area contributed by atoms with Crippen LogP contribution in [0, 0.1) is 0 Å². The van der Waals surface area contributed by atoms with Gasteiger partial charge in [-0.05, 0) is 42.5 Å². The van der Waals surface area contributed by atoms with E-state index in [2.05, 4.69) is 5.32 Å². The predicted molar refractivity (Wildman–Crippen MR) is 93.9 cm³/mol. The second kappa shape index (κ2) is 7.43. The van der Waals surface area contributed by atoms with E-state index in [0.29, 0.717) is 27.2 Å². The number of hydrogen-bond donors (Lipinski definition) is 1. The van der Waals surface area contributed by atoms with Crippen LogP contribution in [0.4, 0.5) is 5.69 Å². The summed E-state index contributed by atoms with van der Waals surface area (Å²) >= 11 is 11.9. The summed E-state index contributed by atoms with van der Waals surface area (Å²) in [6.07, 6.45) is 0. The lowest BCUT2D eigenvalue weighted by Crippen LogP contribution is -2.10. The number of rotatable bonds is 5. The minimum Gasteiger partial charge on any atom is -0.484 e. The lowest BCUT2D eigenvalue weighted by atomic mass is 10.3. The molecule has 1 amide bonds. The molecule has 3 aromatic rings. The summed E-state index contributed by atoms with van der Waals surface area (Å²) in [5.41, 5.74) is 0.699. The Morgan fingerprint density at radius 2 is 1.83 bits per heavy atom. The molecule has 1 aromatic heterocycles. The number of benzene rings is 2. The molecule has 122 valence electrons. The molecule has 0 saturated heterocycles. The molecule has 0 aliphatic heterocycles. The van der Waals surface area contributed by atoms with Gasteiger partial charge in [-0.1, -0.05) is 41.4 Å². The van der Waals surface area contributed by atoms with Gasteiger partial charge in [0.15, 0.2) is 5.76 Å². The topological polar surface area (TPSA) is 51.5 Å². The van der Waals surface area contributed by atoms with Crippen LogP contribution in [0.5, 0.6) is 5.75 Å². The third-order valence-electron chi connectivity index (χ3n) is 3.18. The van der Waals surface area contributed by atoms with Gasteiger partial charge in [0.05, 0.1) is 5.02 Å². The van der Waals surface area contributed by atoms with Gasteiger partial charge in [0.2, 0.25) is 0 Å². The highest BCUT2D eigenvalue weighted by atomic mass is 35.5. The van der Waals surface area contributed by atoms with E-state index in [9.17, 15) is 4.79 Å². The van der Waals surface area contributed by atoms with Crippen molar-refractivity contribution < 1.29 is 13.9 Å². The van der Waals surface area contributed by atoms with E-state index in [1.54, 1.807) is 42.5 Å². The number of amides is 1. The standard InChI is InChI=1S/C18H13Cl2NO3/c19-12-6-8-16(15(20)10-12)23-11-14-7-9-17(24-14)18(22)21-13-4-2-1-3-5-13/h1-10H,11H2,(H,21,22). The Kier molecular flexibility index (Phi) is 5.08. The SMILES string of the molecule is O=C(Nc1ccccc1)c1ccc(COc2ccc(Cl)cc2Cl)o1. The summed E-state index contributed by atoms with van der Waals surface area (Å²) < 4.78 is 11.1. The van der Waals surface area contributed by atoms with Gasteiger partial charge < -0.3 is 14.5 Å². The van der Waals surface area contributed by atoms with E-state index in [1.165, 1.54) is 0 Å². The Labute approximate surface area is 149 Å². The zero-order chi connectivity index (χ0) is 16.9. The number of ether oxygens (including phenoxy) is 1.